The molecule has 0 saturated heterocycles. The maximum absolute atomic E-state index is 12.8. The molecule has 2 aromatic heterocycles. The number of carbonyl (C=O) groups is 1. The Labute approximate surface area is 147 Å². The molecule has 0 spiro atoms. The van der Waals surface area contributed by atoms with Crippen molar-refractivity contribution in [1.29, 1.82) is 0 Å². The van der Waals surface area contributed by atoms with Gasteiger partial charge in [-0.3, -0.25) is 9.36 Å². The number of amides is 1. The minimum Gasteiger partial charge on any atom is -0.352 e. The molecule has 2 heterocycles. The molecule has 1 N–H and O–H groups in total. The van der Waals surface area contributed by atoms with Gasteiger partial charge in [-0.15, -0.1) is 0 Å². The molecule has 0 aliphatic heterocycles. The molecule has 0 unspecified atom stereocenters. The van der Waals surface area contributed by atoms with E-state index < -0.39 is 0 Å². The fraction of sp³-hybridized carbons (Fsp3) is 0.550. The van der Waals surface area contributed by atoms with Crippen molar-refractivity contribution in [3.8, 4) is 5.82 Å². The summed E-state index contributed by atoms with van der Waals surface area (Å²) in [5.74, 6) is 4.46. The highest BCUT2D eigenvalue weighted by atomic mass is 16.1. The number of pyridine rings is 1. The van der Waals surface area contributed by atoms with Gasteiger partial charge in [-0.05, 0) is 67.4 Å². The maximum atomic E-state index is 12.8. The summed E-state index contributed by atoms with van der Waals surface area (Å²) in [6.07, 6.45) is 13.7. The lowest BCUT2D eigenvalue weighted by Gasteiger charge is -2.53. The number of nitrogens with zero attached hydrogens (tertiary/aromatic N) is 3. The van der Waals surface area contributed by atoms with Crippen LogP contribution in [0.15, 0.2) is 37.1 Å². The van der Waals surface area contributed by atoms with Crippen molar-refractivity contribution in [3.63, 3.8) is 0 Å². The molecule has 130 valence electrons. The molecule has 0 radical (unpaired) electrons. The van der Waals surface area contributed by atoms with Gasteiger partial charge in [-0.25, -0.2) is 9.97 Å². The van der Waals surface area contributed by atoms with Crippen LogP contribution in [0.2, 0.25) is 0 Å². The molecule has 5 heteroatoms. The first kappa shape index (κ1) is 15.1. The Kier molecular flexibility index (Phi) is 3.61. The van der Waals surface area contributed by atoms with Crippen molar-refractivity contribution >= 4 is 5.91 Å². The van der Waals surface area contributed by atoms with Crippen molar-refractivity contribution in [3.05, 3.63) is 42.6 Å². The van der Waals surface area contributed by atoms with Gasteiger partial charge < -0.3 is 5.32 Å². The number of rotatable bonds is 4. The van der Waals surface area contributed by atoms with Crippen molar-refractivity contribution in [2.75, 3.05) is 0 Å². The van der Waals surface area contributed by atoms with Crippen LogP contribution in [0.1, 0.15) is 37.7 Å². The molecule has 0 atom stereocenters. The Hall–Kier alpha value is -2.17. The third-order valence-electron chi connectivity index (χ3n) is 6.57. The van der Waals surface area contributed by atoms with E-state index in [0.29, 0.717) is 18.4 Å². The molecule has 1 amide bonds. The lowest BCUT2D eigenvalue weighted by atomic mass is 9.51. The highest BCUT2D eigenvalue weighted by Crippen LogP contribution is 2.56. The molecule has 4 fully saturated rings. The lowest BCUT2D eigenvalue weighted by Crippen LogP contribution is -2.50. The Morgan fingerprint density at radius 1 is 1.12 bits per heavy atom. The van der Waals surface area contributed by atoms with Gasteiger partial charge in [0.2, 0.25) is 5.91 Å². The average molecular weight is 336 g/mol. The van der Waals surface area contributed by atoms with E-state index in [1.54, 1.807) is 12.5 Å². The molecular weight excluding hydrogens is 312 g/mol. The van der Waals surface area contributed by atoms with Gasteiger partial charge in [0.05, 0.1) is 0 Å². The highest BCUT2D eigenvalue weighted by Gasteiger charge is 2.50. The average Bonchev–Trinajstić information content (AvgIpc) is 3.14. The quantitative estimate of drug-likeness (QED) is 0.934. The monoisotopic (exact) mass is 336 g/mol. The topological polar surface area (TPSA) is 59.8 Å². The summed E-state index contributed by atoms with van der Waals surface area (Å²) in [5, 5.41) is 3.18. The molecule has 6 rings (SSSR count). The third kappa shape index (κ3) is 2.75. The summed E-state index contributed by atoms with van der Waals surface area (Å²) in [6.45, 7) is 0.568. The summed E-state index contributed by atoms with van der Waals surface area (Å²) in [4.78, 5) is 21.3. The Bertz CT molecular complexity index is 725. The van der Waals surface area contributed by atoms with Gasteiger partial charge in [-0.2, -0.15) is 0 Å². The van der Waals surface area contributed by atoms with Crippen molar-refractivity contribution < 1.29 is 4.79 Å². The number of carbonyl (C=O) groups excluding carboxylic acids is 1. The molecule has 4 aliphatic carbocycles. The van der Waals surface area contributed by atoms with Crippen molar-refractivity contribution in [1.82, 2.24) is 19.9 Å². The molecular formula is C20H24N4O. The predicted molar refractivity (Wildman–Crippen MR) is 93.7 cm³/mol. The van der Waals surface area contributed by atoms with Gasteiger partial charge in [0.15, 0.2) is 0 Å². The molecule has 4 aliphatic rings. The third-order valence-corrected chi connectivity index (χ3v) is 6.57. The van der Waals surface area contributed by atoms with Crippen molar-refractivity contribution in [2.45, 2.75) is 38.6 Å². The largest absolute Gasteiger partial charge is 0.352 e. The van der Waals surface area contributed by atoms with E-state index in [-0.39, 0.29) is 11.8 Å². The standard InChI is InChI=1S/C20H24N4O/c25-20(19-16-6-14-5-15(8-16)9-17(19)7-14)23-11-13-1-2-18(22-10-13)24-4-3-21-12-24/h1-4,10,12,14-17,19H,5-9,11H2,(H,23,25). The van der Waals surface area contributed by atoms with Gasteiger partial charge >= 0.3 is 0 Å². The van der Waals surface area contributed by atoms with E-state index in [9.17, 15) is 4.79 Å². The first-order valence-corrected chi connectivity index (χ1v) is 9.47. The molecule has 2 aromatic rings. The number of nitrogens with one attached hydrogen (secondary N) is 1. The Morgan fingerprint density at radius 2 is 1.88 bits per heavy atom. The summed E-state index contributed by atoms with van der Waals surface area (Å²) in [7, 11) is 0. The minimum absolute atomic E-state index is 0.256. The second-order valence-corrected chi connectivity index (χ2v) is 8.17. The van der Waals surface area contributed by atoms with Crippen LogP contribution in [0.5, 0.6) is 0 Å². The van der Waals surface area contributed by atoms with E-state index in [2.05, 4.69) is 15.3 Å². The van der Waals surface area contributed by atoms with E-state index in [4.69, 9.17) is 0 Å². The van der Waals surface area contributed by atoms with Crippen LogP contribution in [-0.2, 0) is 11.3 Å². The maximum Gasteiger partial charge on any atom is 0.223 e. The van der Waals surface area contributed by atoms with E-state index in [1.165, 1.54) is 32.1 Å². The smallest absolute Gasteiger partial charge is 0.223 e. The first-order valence-electron chi connectivity index (χ1n) is 9.47. The number of hydrogen-bond acceptors (Lipinski definition) is 3. The molecule has 25 heavy (non-hydrogen) atoms. The molecule has 4 saturated carbocycles. The zero-order valence-corrected chi connectivity index (χ0v) is 14.3. The second-order valence-electron chi connectivity index (χ2n) is 8.17. The fourth-order valence-corrected chi connectivity index (χ4v) is 5.73. The summed E-state index contributed by atoms with van der Waals surface area (Å²) in [5.41, 5.74) is 1.04. The van der Waals surface area contributed by atoms with Crippen LogP contribution in [-0.4, -0.2) is 20.4 Å². The van der Waals surface area contributed by atoms with E-state index in [1.807, 2.05) is 29.1 Å². The van der Waals surface area contributed by atoms with E-state index >= 15 is 0 Å². The molecule has 4 bridgehead atoms. The summed E-state index contributed by atoms with van der Waals surface area (Å²) in [6, 6.07) is 3.99. The number of aromatic nitrogens is 3. The fourth-order valence-electron chi connectivity index (χ4n) is 5.73. The van der Waals surface area contributed by atoms with Gasteiger partial charge in [0.1, 0.15) is 12.1 Å². The SMILES string of the molecule is O=C(NCc1ccc(-n2ccnc2)nc1)C1C2CC3CC(C2)CC1C3. The van der Waals surface area contributed by atoms with E-state index in [0.717, 1.165) is 23.2 Å². The van der Waals surface area contributed by atoms with Gasteiger partial charge in [-0.1, -0.05) is 6.07 Å². The lowest BCUT2D eigenvalue weighted by molar-refractivity contribution is -0.138. The Balaban J connectivity index is 1.22. The zero-order valence-electron chi connectivity index (χ0n) is 14.3. The van der Waals surface area contributed by atoms with Crippen LogP contribution >= 0.6 is 0 Å². The normalized spacial score (nSPS) is 32.7. The summed E-state index contributed by atoms with van der Waals surface area (Å²) >= 11 is 0. The number of hydrogen-bond donors (Lipinski definition) is 1. The second kappa shape index (κ2) is 5.97. The van der Waals surface area contributed by atoms with Crippen LogP contribution in [0.25, 0.3) is 5.82 Å². The predicted octanol–water partition coefficient (Wildman–Crippen LogP) is 2.96. The van der Waals surface area contributed by atoms with Crippen LogP contribution in [0.4, 0.5) is 0 Å². The van der Waals surface area contributed by atoms with Gasteiger partial charge in [0.25, 0.3) is 0 Å². The first-order chi connectivity index (χ1) is 12.3. The van der Waals surface area contributed by atoms with Crippen LogP contribution in [0, 0.1) is 29.6 Å². The Morgan fingerprint density at radius 3 is 2.48 bits per heavy atom. The van der Waals surface area contributed by atoms with Gasteiger partial charge in [0, 0.05) is 31.1 Å². The summed E-state index contributed by atoms with van der Waals surface area (Å²) < 4.78 is 1.87. The van der Waals surface area contributed by atoms with Crippen LogP contribution in [0.3, 0.4) is 0 Å². The number of imidazole rings is 1. The zero-order chi connectivity index (χ0) is 16.8. The van der Waals surface area contributed by atoms with Crippen molar-refractivity contribution in [2.24, 2.45) is 29.6 Å². The van der Waals surface area contributed by atoms with Crippen LogP contribution < -0.4 is 5.32 Å². The molecule has 5 nitrogen and oxygen atoms in total. The highest BCUT2D eigenvalue weighted by molar-refractivity contribution is 5.79. The minimum atomic E-state index is 0.256. The molecule has 0 aromatic carbocycles.